The fourth-order valence-electron chi connectivity index (χ4n) is 4.19. The van der Waals surface area contributed by atoms with Crippen LogP contribution < -0.4 is 0 Å². The molecule has 0 unspecified atom stereocenters. The molecule has 0 amide bonds. The average Bonchev–Trinajstić information content (AvgIpc) is 3.14. The SMILES string of the molecule is Cc1ccc(C(=O)c2c(C)n(Cc3ccc(/C=C/COC(C)(C)C(=O)O)cc3)c3ccccc23)cc1. The maximum absolute atomic E-state index is 13.5. The van der Waals surface area contributed by atoms with Gasteiger partial charge in [-0.05, 0) is 44.9 Å². The number of benzene rings is 3. The first-order chi connectivity index (χ1) is 17.2. The lowest BCUT2D eigenvalue weighted by molar-refractivity contribution is -0.159. The number of aryl methyl sites for hydroxylation is 1. The van der Waals surface area contributed by atoms with Crippen LogP contribution in [-0.2, 0) is 16.1 Å². The molecule has 0 saturated carbocycles. The maximum Gasteiger partial charge on any atom is 0.335 e. The Balaban J connectivity index is 1.55. The normalized spacial score (nSPS) is 11.9. The largest absolute Gasteiger partial charge is 0.479 e. The molecule has 0 atom stereocenters. The number of para-hydroxylation sites is 1. The van der Waals surface area contributed by atoms with Crippen LogP contribution >= 0.6 is 0 Å². The molecular weight excluding hydrogens is 450 g/mol. The van der Waals surface area contributed by atoms with Gasteiger partial charge in [-0.15, -0.1) is 0 Å². The molecule has 1 N–H and O–H groups in total. The standard InChI is InChI=1S/C31H31NO4/c1-21-11-17-25(18-12-21)29(33)28-22(2)32(27-10-6-5-9-26(27)28)20-24-15-13-23(14-16-24)8-7-19-36-31(3,4)30(34)35/h5-18H,19-20H2,1-4H3,(H,34,35)/b8-7+. The fraction of sp³-hybridized carbons (Fsp3) is 0.226. The van der Waals surface area contributed by atoms with Crippen molar-refractivity contribution in [2.24, 2.45) is 0 Å². The van der Waals surface area contributed by atoms with Gasteiger partial charge in [-0.3, -0.25) is 4.79 Å². The van der Waals surface area contributed by atoms with Crippen LogP contribution in [0.4, 0.5) is 0 Å². The molecule has 0 aliphatic rings. The second kappa shape index (κ2) is 10.3. The van der Waals surface area contributed by atoms with E-state index in [1.54, 1.807) is 0 Å². The summed E-state index contributed by atoms with van der Waals surface area (Å²) in [5.41, 5.74) is 5.45. The number of hydrogen-bond acceptors (Lipinski definition) is 3. The van der Waals surface area contributed by atoms with Gasteiger partial charge in [0.15, 0.2) is 11.4 Å². The van der Waals surface area contributed by atoms with Crippen molar-refractivity contribution in [1.82, 2.24) is 4.57 Å². The Morgan fingerprint density at radius 3 is 2.28 bits per heavy atom. The van der Waals surface area contributed by atoms with Crippen molar-refractivity contribution in [2.45, 2.75) is 39.8 Å². The molecule has 4 aromatic rings. The number of hydrogen-bond donors (Lipinski definition) is 1. The topological polar surface area (TPSA) is 68.5 Å². The highest BCUT2D eigenvalue weighted by Gasteiger charge is 2.27. The van der Waals surface area contributed by atoms with E-state index in [2.05, 4.69) is 22.8 Å². The zero-order chi connectivity index (χ0) is 25.9. The Bertz CT molecular complexity index is 1420. The predicted molar refractivity (Wildman–Crippen MR) is 144 cm³/mol. The van der Waals surface area contributed by atoms with Gasteiger partial charge in [-0.2, -0.15) is 0 Å². The van der Waals surface area contributed by atoms with E-state index in [1.807, 2.05) is 80.6 Å². The lowest BCUT2D eigenvalue weighted by atomic mass is 10.00. The van der Waals surface area contributed by atoms with Crippen molar-refractivity contribution in [1.29, 1.82) is 0 Å². The molecule has 4 rings (SSSR count). The lowest BCUT2D eigenvalue weighted by Gasteiger charge is -2.18. The summed E-state index contributed by atoms with van der Waals surface area (Å²) >= 11 is 0. The minimum absolute atomic E-state index is 0.0382. The Kier molecular flexibility index (Phi) is 7.22. The average molecular weight is 482 g/mol. The van der Waals surface area contributed by atoms with Crippen LogP contribution in [0.5, 0.6) is 0 Å². The second-order valence-corrected chi connectivity index (χ2v) is 9.53. The van der Waals surface area contributed by atoms with Gasteiger partial charge in [0, 0.05) is 28.7 Å². The highest BCUT2D eigenvalue weighted by molar-refractivity contribution is 6.17. The van der Waals surface area contributed by atoms with E-state index in [-0.39, 0.29) is 12.4 Å². The minimum atomic E-state index is -1.22. The summed E-state index contributed by atoms with van der Waals surface area (Å²) < 4.78 is 7.61. The number of rotatable bonds is 9. The number of carboxylic acids is 1. The number of ketones is 1. The number of nitrogens with zero attached hydrogens (tertiary/aromatic N) is 1. The zero-order valence-electron chi connectivity index (χ0n) is 21.1. The van der Waals surface area contributed by atoms with Gasteiger partial charge in [0.2, 0.25) is 0 Å². The zero-order valence-corrected chi connectivity index (χ0v) is 21.1. The molecule has 0 aliphatic carbocycles. The number of aromatic nitrogens is 1. The smallest absolute Gasteiger partial charge is 0.335 e. The Labute approximate surface area is 211 Å². The van der Waals surface area contributed by atoms with Gasteiger partial charge in [0.1, 0.15) is 0 Å². The molecule has 0 aliphatic heterocycles. The molecule has 184 valence electrons. The molecule has 0 saturated heterocycles. The third-order valence-electron chi connectivity index (χ3n) is 6.46. The third kappa shape index (κ3) is 5.31. The van der Waals surface area contributed by atoms with Gasteiger partial charge in [0.25, 0.3) is 0 Å². The summed E-state index contributed by atoms with van der Waals surface area (Å²) in [6, 6.07) is 23.9. The Morgan fingerprint density at radius 1 is 0.944 bits per heavy atom. The van der Waals surface area contributed by atoms with Crippen LogP contribution in [0.2, 0.25) is 0 Å². The quantitative estimate of drug-likeness (QED) is 0.280. The number of ether oxygens (including phenoxy) is 1. The summed E-state index contributed by atoms with van der Waals surface area (Å²) in [6.07, 6.45) is 3.72. The maximum atomic E-state index is 13.5. The molecule has 0 bridgehead atoms. The summed E-state index contributed by atoms with van der Waals surface area (Å²) in [5, 5.41) is 10.1. The van der Waals surface area contributed by atoms with E-state index in [1.165, 1.54) is 13.8 Å². The van der Waals surface area contributed by atoms with Crippen molar-refractivity contribution in [3.8, 4) is 0 Å². The summed E-state index contributed by atoms with van der Waals surface area (Å²) in [6.45, 7) is 7.95. The van der Waals surface area contributed by atoms with Crippen LogP contribution in [0, 0.1) is 13.8 Å². The minimum Gasteiger partial charge on any atom is -0.479 e. The van der Waals surface area contributed by atoms with Gasteiger partial charge >= 0.3 is 5.97 Å². The van der Waals surface area contributed by atoms with E-state index in [0.717, 1.165) is 38.9 Å². The van der Waals surface area contributed by atoms with Gasteiger partial charge in [-0.25, -0.2) is 4.79 Å². The van der Waals surface area contributed by atoms with E-state index in [4.69, 9.17) is 9.84 Å². The lowest BCUT2D eigenvalue weighted by Crippen LogP contribution is -2.34. The highest BCUT2D eigenvalue weighted by Crippen LogP contribution is 2.29. The van der Waals surface area contributed by atoms with Gasteiger partial charge < -0.3 is 14.4 Å². The molecule has 3 aromatic carbocycles. The van der Waals surface area contributed by atoms with Crippen LogP contribution in [0.25, 0.3) is 17.0 Å². The van der Waals surface area contributed by atoms with E-state index < -0.39 is 11.6 Å². The predicted octanol–water partition coefficient (Wildman–Crippen LogP) is 6.43. The van der Waals surface area contributed by atoms with Crippen molar-refractivity contribution in [3.05, 3.63) is 112 Å². The molecule has 1 heterocycles. The van der Waals surface area contributed by atoms with E-state index >= 15 is 0 Å². The van der Waals surface area contributed by atoms with Crippen molar-refractivity contribution in [3.63, 3.8) is 0 Å². The first-order valence-corrected chi connectivity index (χ1v) is 12.0. The molecule has 1 aromatic heterocycles. The van der Waals surface area contributed by atoms with Crippen LogP contribution in [0.1, 0.15) is 52.2 Å². The Morgan fingerprint density at radius 2 is 1.61 bits per heavy atom. The van der Waals surface area contributed by atoms with Crippen LogP contribution in [0.15, 0.2) is 78.9 Å². The first-order valence-electron chi connectivity index (χ1n) is 12.0. The molecule has 5 heteroatoms. The molecule has 0 fully saturated rings. The third-order valence-corrected chi connectivity index (χ3v) is 6.46. The summed E-state index contributed by atoms with van der Waals surface area (Å²) in [7, 11) is 0. The van der Waals surface area contributed by atoms with Crippen molar-refractivity contribution in [2.75, 3.05) is 6.61 Å². The van der Waals surface area contributed by atoms with Crippen LogP contribution in [0.3, 0.4) is 0 Å². The molecular formula is C31H31NO4. The first kappa shape index (κ1) is 25.1. The Hall–Kier alpha value is -3.96. The number of carboxylic acid groups (broad SMARTS) is 1. The highest BCUT2D eigenvalue weighted by atomic mass is 16.5. The summed E-state index contributed by atoms with van der Waals surface area (Å²) in [5.74, 6) is -0.951. The fourth-order valence-corrected chi connectivity index (χ4v) is 4.19. The monoisotopic (exact) mass is 481 g/mol. The van der Waals surface area contributed by atoms with E-state index in [0.29, 0.717) is 12.1 Å². The van der Waals surface area contributed by atoms with Crippen molar-refractivity contribution < 1.29 is 19.4 Å². The van der Waals surface area contributed by atoms with Gasteiger partial charge in [0.05, 0.1) is 12.2 Å². The molecule has 36 heavy (non-hydrogen) atoms. The van der Waals surface area contributed by atoms with Gasteiger partial charge in [-0.1, -0.05) is 84.4 Å². The number of carbonyl (C=O) groups is 2. The summed E-state index contributed by atoms with van der Waals surface area (Å²) in [4.78, 5) is 24.6. The number of carbonyl (C=O) groups excluding carboxylic acids is 1. The van der Waals surface area contributed by atoms with Crippen LogP contribution in [-0.4, -0.2) is 33.6 Å². The second-order valence-electron chi connectivity index (χ2n) is 9.53. The number of fused-ring (bicyclic) bond motifs is 1. The molecule has 0 spiro atoms. The number of aliphatic carboxylic acids is 1. The molecule has 0 radical (unpaired) electrons. The van der Waals surface area contributed by atoms with Crippen molar-refractivity contribution >= 4 is 28.7 Å². The molecule has 5 nitrogen and oxygen atoms in total. The van der Waals surface area contributed by atoms with E-state index in [9.17, 15) is 9.59 Å².